The summed E-state index contributed by atoms with van der Waals surface area (Å²) in [6, 6.07) is 2.73. The molecule has 92 valence electrons. The van der Waals surface area contributed by atoms with E-state index in [1.165, 1.54) is 12.1 Å². The normalized spacial score (nSPS) is 15.0. The first-order chi connectivity index (χ1) is 7.69. The van der Waals surface area contributed by atoms with E-state index in [0.29, 0.717) is 12.0 Å². The Morgan fingerprint density at radius 3 is 2.75 bits per heavy atom. The van der Waals surface area contributed by atoms with E-state index in [0.717, 1.165) is 19.5 Å². The Labute approximate surface area is 99.2 Å². The Morgan fingerprint density at radius 2 is 2.12 bits per heavy atom. The summed E-state index contributed by atoms with van der Waals surface area (Å²) in [5, 5.41) is 7.84. The maximum Gasteiger partial charge on any atom is 0.0492 e. The highest BCUT2D eigenvalue weighted by Gasteiger charge is 2.13. The van der Waals surface area contributed by atoms with E-state index in [9.17, 15) is 0 Å². The summed E-state index contributed by atoms with van der Waals surface area (Å²) in [5.41, 5.74) is 1.37. The van der Waals surface area contributed by atoms with Crippen LogP contribution in [-0.2, 0) is 6.54 Å². The molecular formula is C13H25N3. The van der Waals surface area contributed by atoms with Crippen LogP contribution < -0.4 is 5.32 Å². The number of nitrogens with one attached hydrogen (secondary N) is 1. The van der Waals surface area contributed by atoms with Crippen molar-refractivity contribution in [2.45, 2.75) is 59.0 Å². The zero-order chi connectivity index (χ0) is 12.0. The summed E-state index contributed by atoms with van der Waals surface area (Å²) in [4.78, 5) is 0. The second kappa shape index (κ2) is 6.69. The van der Waals surface area contributed by atoms with E-state index < -0.39 is 0 Å². The fraction of sp³-hybridized carbons (Fsp3) is 0.769. The monoisotopic (exact) mass is 223 g/mol. The van der Waals surface area contributed by atoms with Gasteiger partial charge >= 0.3 is 0 Å². The standard InChI is InChI=1S/C13H25N3/c1-5-9-16-13(7-8-15-16)11(3)10-12(4)14-6-2/h7-8,11-12,14H,5-6,9-10H2,1-4H3. The SMILES string of the molecule is CCCn1nccc1C(C)CC(C)NCC. The van der Waals surface area contributed by atoms with Crippen molar-refractivity contribution >= 4 is 0 Å². The van der Waals surface area contributed by atoms with Crippen molar-refractivity contribution in [3.63, 3.8) is 0 Å². The minimum absolute atomic E-state index is 0.572. The van der Waals surface area contributed by atoms with E-state index in [1.54, 1.807) is 0 Å². The highest BCUT2D eigenvalue weighted by molar-refractivity contribution is 5.07. The van der Waals surface area contributed by atoms with Crippen molar-refractivity contribution in [2.24, 2.45) is 0 Å². The van der Waals surface area contributed by atoms with Crippen LogP contribution in [0.4, 0.5) is 0 Å². The predicted octanol–water partition coefficient (Wildman–Crippen LogP) is 2.78. The van der Waals surface area contributed by atoms with E-state index in [4.69, 9.17) is 0 Å². The van der Waals surface area contributed by atoms with Crippen molar-refractivity contribution in [3.8, 4) is 0 Å². The molecule has 16 heavy (non-hydrogen) atoms. The maximum atomic E-state index is 4.38. The highest BCUT2D eigenvalue weighted by atomic mass is 15.3. The first-order valence-electron chi connectivity index (χ1n) is 6.44. The Kier molecular flexibility index (Phi) is 5.53. The quantitative estimate of drug-likeness (QED) is 0.770. The van der Waals surface area contributed by atoms with Gasteiger partial charge in [0.05, 0.1) is 0 Å². The van der Waals surface area contributed by atoms with Crippen LogP contribution >= 0.6 is 0 Å². The Bertz CT molecular complexity index is 293. The number of hydrogen-bond donors (Lipinski definition) is 1. The number of nitrogens with zero attached hydrogens (tertiary/aromatic N) is 2. The van der Waals surface area contributed by atoms with E-state index in [2.05, 4.69) is 48.9 Å². The van der Waals surface area contributed by atoms with Gasteiger partial charge in [0, 0.05) is 24.5 Å². The lowest BCUT2D eigenvalue weighted by Gasteiger charge is -2.19. The molecule has 1 aromatic heterocycles. The minimum atomic E-state index is 0.572. The molecule has 1 heterocycles. The lowest BCUT2D eigenvalue weighted by Crippen LogP contribution is -2.27. The first-order valence-corrected chi connectivity index (χ1v) is 6.44. The molecular weight excluding hydrogens is 198 g/mol. The van der Waals surface area contributed by atoms with Crippen molar-refractivity contribution in [3.05, 3.63) is 18.0 Å². The molecule has 0 bridgehead atoms. The van der Waals surface area contributed by atoms with Gasteiger partial charge in [0.25, 0.3) is 0 Å². The second-order valence-corrected chi connectivity index (χ2v) is 4.57. The molecule has 0 saturated heterocycles. The third kappa shape index (κ3) is 3.63. The highest BCUT2D eigenvalue weighted by Crippen LogP contribution is 2.20. The van der Waals surface area contributed by atoms with Crippen LogP contribution in [0.1, 0.15) is 52.1 Å². The van der Waals surface area contributed by atoms with E-state index in [1.807, 2.05) is 6.20 Å². The largest absolute Gasteiger partial charge is 0.315 e. The van der Waals surface area contributed by atoms with Gasteiger partial charge in [-0.05, 0) is 38.3 Å². The minimum Gasteiger partial charge on any atom is -0.315 e. The van der Waals surface area contributed by atoms with Gasteiger partial charge in [0.15, 0.2) is 0 Å². The molecule has 0 aromatic carbocycles. The van der Waals surface area contributed by atoms with Crippen LogP contribution in [0.3, 0.4) is 0 Å². The summed E-state index contributed by atoms with van der Waals surface area (Å²) in [6.45, 7) is 11.0. The number of aryl methyl sites for hydroxylation is 1. The molecule has 0 amide bonds. The molecule has 1 N–H and O–H groups in total. The molecule has 0 aliphatic rings. The van der Waals surface area contributed by atoms with Gasteiger partial charge in [-0.15, -0.1) is 0 Å². The van der Waals surface area contributed by atoms with E-state index in [-0.39, 0.29) is 0 Å². The van der Waals surface area contributed by atoms with Crippen LogP contribution in [-0.4, -0.2) is 22.4 Å². The molecule has 1 rings (SSSR count). The molecule has 3 nitrogen and oxygen atoms in total. The van der Waals surface area contributed by atoms with Crippen molar-refractivity contribution in [1.29, 1.82) is 0 Å². The third-order valence-electron chi connectivity index (χ3n) is 2.95. The smallest absolute Gasteiger partial charge is 0.0492 e. The molecule has 0 radical (unpaired) electrons. The zero-order valence-corrected chi connectivity index (χ0v) is 11.0. The fourth-order valence-corrected chi connectivity index (χ4v) is 2.24. The summed E-state index contributed by atoms with van der Waals surface area (Å²) < 4.78 is 2.14. The predicted molar refractivity (Wildman–Crippen MR) is 68.7 cm³/mol. The van der Waals surface area contributed by atoms with Gasteiger partial charge in [0.2, 0.25) is 0 Å². The summed E-state index contributed by atoms with van der Waals surface area (Å²) in [5.74, 6) is 0.572. The molecule has 0 aliphatic heterocycles. The van der Waals surface area contributed by atoms with Crippen LogP contribution in [0.5, 0.6) is 0 Å². The van der Waals surface area contributed by atoms with Crippen LogP contribution in [0, 0.1) is 0 Å². The van der Waals surface area contributed by atoms with Gasteiger partial charge in [-0.25, -0.2) is 0 Å². The number of rotatable bonds is 7. The Balaban J connectivity index is 2.57. The van der Waals surface area contributed by atoms with Crippen molar-refractivity contribution in [2.75, 3.05) is 6.54 Å². The summed E-state index contributed by atoms with van der Waals surface area (Å²) in [7, 11) is 0. The van der Waals surface area contributed by atoms with Gasteiger partial charge < -0.3 is 5.32 Å². The first kappa shape index (κ1) is 13.2. The van der Waals surface area contributed by atoms with Crippen LogP contribution in [0.15, 0.2) is 12.3 Å². The molecule has 1 aromatic rings. The van der Waals surface area contributed by atoms with E-state index >= 15 is 0 Å². The second-order valence-electron chi connectivity index (χ2n) is 4.57. The summed E-state index contributed by atoms with van der Waals surface area (Å²) in [6.07, 6.45) is 4.23. The van der Waals surface area contributed by atoms with Crippen LogP contribution in [0.2, 0.25) is 0 Å². The van der Waals surface area contributed by atoms with Gasteiger partial charge in [0.1, 0.15) is 0 Å². The molecule has 0 aliphatic carbocycles. The lowest BCUT2D eigenvalue weighted by molar-refractivity contribution is 0.463. The van der Waals surface area contributed by atoms with Crippen LogP contribution in [0.25, 0.3) is 0 Å². The van der Waals surface area contributed by atoms with Gasteiger partial charge in [-0.2, -0.15) is 5.10 Å². The van der Waals surface area contributed by atoms with Crippen molar-refractivity contribution in [1.82, 2.24) is 15.1 Å². The molecule has 0 saturated carbocycles. The topological polar surface area (TPSA) is 29.9 Å². The maximum absolute atomic E-state index is 4.38. The molecule has 0 spiro atoms. The molecule has 2 atom stereocenters. The third-order valence-corrected chi connectivity index (χ3v) is 2.95. The molecule has 3 heteroatoms. The number of aromatic nitrogens is 2. The average Bonchev–Trinajstić information content (AvgIpc) is 2.66. The molecule has 2 unspecified atom stereocenters. The van der Waals surface area contributed by atoms with Gasteiger partial charge in [-0.3, -0.25) is 4.68 Å². The molecule has 0 fully saturated rings. The van der Waals surface area contributed by atoms with Crippen molar-refractivity contribution < 1.29 is 0 Å². The summed E-state index contributed by atoms with van der Waals surface area (Å²) >= 11 is 0. The lowest BCUT2D eigenvalue weighted by atomic mass is 9.99. The van der Waals surface area contributed by atoms with Gasteiger partial charge in [-0.1, -0.05) is 20.8 Å². The average molecular weight is 223 g/mol. The Hall–Kier alpha value is -0.830. The fourth-order valence-electron chi connectivity index (χ4n) is 2.24. The zero-order valence-electron chi connectivity index (χ0n) is 11.0. The number of hydrogen-bond acceptors (Lipinski definition) is 2. The Morgan fingerprint density at radius 1 is 1.38 bits per heavy atom.